The number of carbonyl (C=O) groups is 2. The first-order chi connectivity index (χ1) is 11.6. The number of fused-ring (bicyclic) bond motifs is 1. The van der Waals surface area contributed by atoms with E-state index in [4.69, 9.17) is 4.84 Å². The summed E-state index contributed by atoms with van der Waals surface area (Å²) in [4.78, 5) is 35.3. The highest BCUT2D eigenvalue weighted by molar-refractivity contribution is 7.17. The number of nitrogens with one attached hydrogen (secondary N) is 1. The number of carbonyl (C=O) groups excluding carboxylic acids is 2. The summed E-state index contributed by atoms with van der Waals surface area (Å²) in [6.45, 7) is 0. The Bertz CT molecular complexity index is 758. The number of thiophene rings is 1. The lowest BCUT2D eigenvalue weighted by atomic mass is 9.95. The first kappa shape index (κ1) is 16.6. The molecule has 126 valence electrons. The first-order valence-corrected chi connectivity index (χ1v) is 8.61. The zero-order valence-electron chi connectivity index (χ0n) is 13.7. The normalized spacial score (nSPS) is 13.2. The van der Waals surface area contributed by atoms with Gasteiger partial charge in [0.15, 0.2) is 0 Å². The summed E-state index contributed by atoms with van der Waals surface area (Å²) in [5.41, 5.74) is 2.06. The SMILES string of the molecule is CON(C)C(=O)c1c(NC(=O)c2cccnc2)sc2c1CCCC2. The molecule has 1 aliphatic rings. The molecular weight excluding hydrogens is 326 g/mol. The molecule has 24 heavy (non-hydrogen) atoms. The highest BCUT2D eigenvalue weighted by atomic mass is 32.1. The fraction of sp³-hybridized carbons (Fsp3) is 0.353. The minimum Gasteiger partial charge on any atom is -0.313 e. The topological polar surface area (TPSA) is 71.5 Å². The van der Waals surface area contributed by atoms with E-state index >= 15 is 0 Å². The number of aromatic nitrogens is 1. The van der Waals surface area contributed by atoms with Crippen molar-refractivity contribution in [3.05, 3.63) is 46.1 Å². The molecule has 7 heteroatoms. The molecule has 2 aromatic rings. The van der Waals surface area contributed by atoms with Crippen LogP contribution in [0.15, 0.2) is 24.5 Å². The van der Waals surface area contributed by atoms with Crippen molar-refractivity contribution in [3.63, 3.8) is 0 Å². The molecule has 0 aliphatic heterocycles. The van der Waals surface area contributed by atoms with Crippen molar-refractivity contribution < 1.29 is 14.4 Å². The maximum Gasteiger partial charge on any atom is 0.280 e. The van der Waals surface area contributed by atoms with Gasteiger partial charge in [-0.3, -0.25) is 19.4 Å². The zero-order valence-corrected chi connectivity index (χ0v) is 14.5. The maximum atomic E-state index is 12.7. The van der Waals surface area contributed by atoms with Crippen molar-refractivity contribution in [2.45, 2.75) is 25.7 Å². The van der Waals surface area contributed by atoms with E-state index in [1.165, 1.54) is 34.6 Å². The summed E-state index contributed by atoms with van der Waals surface area (Å²) in [5, 5.41) is 4.66. The number of aryl methyl sites for hydroxylation is 1. The highest BCUT2D eigenvalue weighted by Crippen LogP contribution is 2.39. The Morgan fingerprint density at radius 1 is 1.33 bits per heavy atom. The van der Waals surface area contributed by atoms with Crippen LogP contribution in [0.1, 0.15) is 44.0 Å². The molecule has 0 unspecified atom stereocenters. The van der Waals surface area contributed by atoms with Gasteiger partial charge < -0.3 is 5.32 Å². The molecule has 1 aliphatic carbocycles. The van der Waals surface area contributed by atoms with Crippen LogP contribution in [-0.4, -0.2) is 36.0 Å². The summed E-state index contributed by atoms with van der Waals surface area (Å²) < 4.78 is 0. The van der Waals surface area contributed by atoms with Crippen molar-refractivity contribution in [1.29, 1.82) is 0 Å². The highest BCUT2D eigenvalue weighted by Gasteiger charge is 2.28. The molecule has 0 fully saturated rings. The quantitative estimate of drug-likeness (QED) is 0.865. The number of nitrogens with zero attached hydrogens (tertiary/aromatic N) is 2. The van der Waals surface area contributed by atoms with Crippen molar-refractivity contribution in [3.8, 4) is 0 Å². The van der Waals surface area contributed by atoms with E-state index in [1.54, 1.807) is 25.4 Å². The fourth-order valence-electron chi connectivity index (χ4n) is 2.79. The molecule has 0 radical (unpaired) electrons. The number of amides is 2. The summed E-state index contributed by atoms with van der Waals surface area (Å²) in [6, 6.07) is 3.40. The molecule has 0 atom stereocenters. The third-order valence-corrected chi connectivity index (χ3v) is 5.30. The third kappa shape index (κ3) is 3.18. The van der Waals surface area contributed by atoms with Gasteiger partial charge in [-0.25, -0.2) is 5.06 Å². The molecule has 0 aromatic carbocycles. The minimum atomic E-state index is -0.268. The van der Waals surface area contributed by atoms with Gasteiger partial charge in [-0.05, 0) is 43.4 Å². The average Bonchev–Trinajstić information content (AvgIpc) is 2.98. The van der Waals surface area contributed by atoms with Gasteiger partial charge in [-0.2, -0.15) is 0 Å². The van der Waals surface area contributed by atoms with Crippen LogP contribution in [0.25, 0.3) is 0 Å². The monoisotopic (exact) mass is 345 g/mol. The van der Waals surface area contributed by atoms with E-state index < -0.39 is 0 Å². The number of hydroxylamine groups is 2. The van der Waals surface area contributed by atoms with E-state index in [1.807, 2.05) is 0 Å². The van der Waals surface area contributed by atoms with Crippen molar-refractivity contribution in [2.24, 2.45) is 0 Å². The van der Waals surface area contributed by atoms with Crippen molar-refractivity contribution in [2.75, 3.05) is 19.5 Å². The van der Waals surface area contributed by atoms with E-state index in [0.29, 0.717) is 16.1 Å². The van der Waals surface area contributed by atoms with Crippen molar-refractivity contribution in [1.82, 2.24) is 10.0 Å². The number of hydrogen-bond acceptors (Lipinski definition) is 5. The van der Waals surface area contributed by atoms with Crippen LogP contribution in [0, 0.1) is 0 Å². The number of hydrogen-bond donors (Lipinski definition) is 1. The van der Waals surface area contributed by atoms with E-state index in [0.717, 1.165) is 31.2 Å². The Balaban J connectivity index is 1.96. The molecule has 0 bridgehead atoms. The van der Waals surface area contributed by atoms with Crippen LogP contribution < -0.4 is 5.32 Å². The van der Waals surface area contributed by atoms with Crippen LogP contribution >= 0.6 is 11.3 Å². The Hall–Kier alpha value is -2.25. The lowest BCUT2D eigenvalue weighted by Crippen LogP contribution is -2.27. The molecule has 2 amide bonds. The zero-order chi connectivity index (χ0) is 17.1. The molecule has 0 spiro atoms. The molecule has 1 N–H and O–H groups in total. The standard InChI is InChI=1S/C17H19N3O3S/c1-20(23-2)17(22)14-12-7-3-4-8-13(12)24-16(14)19-15(21)11-6-5-9-18-10-11/h5-6,9-10H,3-4,7-8H2,1-2H3,(H,19,21). The van der Waals surface area contributed by atoms with Gasteiger partial charge in [0.1, 0.15) is 5.00 Å². The first-order valence-electron chi connectivity index (χ1n) is 7.80. The second kappa shape index (κ2) is 7.11. The molecule has 3 rings (SSSR count). The van der Waals surface area contributed by atoms with Gasteiger partial charge in [0.2, 0.25) is 0 Å². The summed E-state index contributed by atoms with van der Waals surface area (Å²) in [5.74, 6) is -0.505. The molecule has 2 heterocycles. The van der Waals surface area contributed by atoms with Crippen LogP contribution in [0.2, 0.25) is 0 Å². The summed E-state index contributed by atoms with van der Waals surface area (Å²) >= 11 is 1.49. The van der Waals surface area contributed by atoms with E-state index in [2.05, 4.69) is 10.3 Å². The number of anilines is 1. The third-order valence-electron chi connectivity index (χ3n) is 4.10. The molecule has 6 nitrogen and oxygen atoms in total. The maximum absolute atomic E-state index is 12.7. The molecular formula is C17H19N3O3S. The van der Waals surface area contributed by atoms with Gasteiger partial charge in [0.25, 0.3) is 11.8 Å². The van der Waals surface area contributed by atoms with Gasteiger partial charge in [0, 0.05) is 24.3 Å². The van der Waals surface area contributed by atoms with Crippen LogP contribution in [0.5, 0.6) is 0 Å². The second-order valence-corrected chi connectivity index (χ2v) is 6.70. The largest absolute Gasteiger partial charge is 0.313 e. The lowest BCUT2D eigenvalue weighted by molar-refractivity contribution is -0.0756. The predicted octanol–water partition coefficient (Wildman–Crippen LogP) is 2.91. The van der Waals surface area contributed by atoms with Gasteiger partial charge in [0.05, 0.1) is 18.2 Å². The fourth-order valence-corrected chi connectivity index (χ4v) is 4.07. The van der Waals surface area contributed by atoms with Crippen LogP contribution in [-0.2, 0) is 17.7 Å². The van der Waals surface area contributed by atoms with E-state index in [9.17, 15) is 9.59 Å². The summed E-state index contributed by atoms with van der Waals surface area (Å²) in [6.07, 6.45) is 7.08. The number of rotatable bonds is 4. The lowest BCUT2D eigenvalue weighted by Gasteiger charge is -2.17. The Kier molecular flexibility index (Phi) is 4.92. The van der Waals surface area contributed by atoms with Gasteiger partial charge in [-0.15, -0.1) is 11.3 Å². The van der Waals surface area contributed by atoms with E-state index in [-0.39, 0.29) is 11.8 Å². The minimum absolute atomic E-state index is 0.238. The molecule has 2 aromatic heterocycles. The van der Waals surface area contributed by atoms with Gasteiger partial charge in [-0.1, -0.05) is 0 Å². The Morgan fingerprint density at radius 2 is 2.12 bits per heavy atom. The average molecular weight is 345 g/mol. The second-order valence-electron chi connectivity index (χ2n) is 5.60. The van der Waals surface area contributed by atoms with Gasteiger partial charge >= 0.3 is 0 Å². The summed E-state index contributed by atoms with van der Waals surface area (Å²) in [7, 11) is 3.02. The number of pyridine rings is 1. The van der Waals surface area contributed by atoms with Crippen molar-refractivity contribution >= 4 is 28.2 Å². The smallest absolute Gasteiger partial charge is 0.280 e. The molecule has 0 saturated carbocycles. The molecule has 0 saturated heterocycles. The Morgan fingerprint density at radius 3 is 2.83 bits per heavy atom. The Labute approximate surface area is 144 Å². The van der Waals surface area contributed by atoms with Crippen LogP contribution in [0.3, 0.4) is 0 Å². The van der Waals surface area contributed by atoms with Crippen LogP contribution in [0.4, 0.5) is 5.00 Å². The predicted molar refractivity (Wildman–Crippen MR) is 92.3 cm³/mol.